The second-order valence-electron chi connectivity index (χ2n) is 5.94. The van der Waals surface area contributed by atoms with E-state index in [4.69, 9.17) is 4.74 Å². The summed E-state index contributed by atoms with van der Waals surface area (Å²) >= 11 is 1.76. The van der Waals surface area contributed by atoms with E-state index in [2.05, 4.69) is 53.3 Å². The number of nitrogens with one attached hydrogen (secondary N) is 2. The van der Waals surface area contributed by atoms with E-state index in [1.807, 2.05) is 12.1 Å². The Labute approximate surface area is 160 Å². The number of thiazole rings is 1. The number of aromatic nitrogens is 2. The number of nitrogens with zero attached hydrogens (tertiary/aromatic N) is 3. The highest BCUT2D eigenvalue weighted by atomic mass is 32.1. The van der Waals surface area contributed by atoms with Crippen molar-refractivity contribution in [2.45, 2.75) is 47.1 Å². The molecule has 6 nitrogen and oxygen atoms in total. The Balaban J connectivity index is 1.93. The van der Waals surface area contributed by atoms with Crippen molar-refractivity contribution in [3.8, 4) is 5.88 Å². The second kappa shape index (κ2) is 10.8. The second-order valence-corrected chi connectivity index (χ2v) is 7.23. The third kappa shape index (κ3) is 6.29. The van der Waals surface area contributed by atoms with Crippen molar-refractivity contribution >= 4 is 17.3 Å². The standard InChI is InChI=1S/C19H29N5OS/c1-5-12-25-18-16(8-7-10-21-18)13-23-19(20-6-2)22-11-9-17-24-14(3)15(4)26-17/h7-8,10H,5-6,9,11-13H2,1-4H3,(H2,20,22,23). The van der Waals surface area contributed by atoms with Crippen molar-refractivity contribution in [2.24, 2.45) is 4.99 Å². The van der Waals surface area contributed by atoms with Gasteiger partial charge in [-0.05, 0) is 33.3 Å². The van der Waals surface area contributed by atoms with E-state index in [9.17, 15) is 0 Å². The molecule has 0 radical (unpaired) electrons. The molecule has 2 aromatic rings. The van der Waals surface area contributed by atoms with Crippen LogP contribution in [0.4, 0.5) is 0 Å². The zero-order valence-electron chi connectivity index (χ0n) is 16.1. The number of guanidine groups is 1. The minimum Gasteiger partial charge on any atom is -0.477 e. The van der Waals surface area contributed by atoms with Crippen molar-refractivity contribution in [2.75, 3.05) is 19.7 Å². The number of hydrogen-bond acceptors (Lipinski definition) is 5. The first-order valence-corrected chi connectivity index (χ1v) is 9.97. The van der Waals surface area contributed by atoms with Gasteiger partial charge in [0.1, 0.15) is 0 Å². The summed E-state index contributed by atoms with van der Waals surface area (Å²) in [6.07, 6.45) is 3.60. The van der Waals surface area contributed by atoms with Crippen LogP contribution in [0.2, 0.25) is 0 Å². The summed E-state index contributed by atoms with van der Waals surface area (Å²) in [7, 11) is 0. The van der Waals surface area contributed by atoms with E-state index in [-0.39, 0.29) is 0 Å². The smallest absolute Gasteiger partial charge is 0.218 e. The predicted molar refractivity (Wildman–Crippen MR) is 108 cm³/mol. The Morgan fingerprint density at radius 3 is 2.81 bits per heavy atom. The molecule has 2 rings (SSSR count). The minimum atomic E-state index is 0.525. The number of hydrogen-bond donors (Lipinski definition) is 2. The lowest BCUT2D eigenvalue weighted by molar-refractivity contribution is 0.302. The maximum Gasteiger partial charge on any atom is 0.218 e. The molecular formula is C19H29N5OS. The van der Waals surface area contributed by atoms with Crippen LogP contribution >= 0.6 is 11.3 Å². The quantitative estimate of drug-likeness (QED) is 0.520. The molecule has 0 aliphatic heterocycles. The fourth-order valence-corrected chi connectivity index (χ4v) is 3.25. The van der Waals surface area contributed by atoms with Crippen molar-refractivity contribution in [1.82, 2.24) is 20.6 Å². The van der Waals surface area contributed by atoms with E-state index in [1.165, 1.54) is 4.88 Å². The average molecular weight is 376 g/mol. The van der Waals surface area contributed by atoms with Gasteiger partial charge in [0.25, 0.3) is 0 Å². The summed E-state index contributed by atoms with van der Waals surface area (Å²) in [6.45, 7) is 11.1. The Hall–Kier alpha value is -2.15. The number of rotatable bonds is 9. The molecule has 0 aliphatic rings. The molecule has 0 bridgehead atoms. The van der Waals surface area contributed by atoms with Crippen LogP contribution in [0.3, 0.4) is 0 Å². The van der Waals surface area contributed by atoms with Gasteiger partial charge in [0.2, 0.25) is 5.88 Å². The molecule has 2 heterocycles. The first-order chi connectivity index (χ1) is 12.6. The molecule has 0 aliphatic carbocycles. The van der Waals surface area contributed by atoms with Crippen LogP contribution in [0.1, 0.15) is 41.4 Å². The lowest BCUT2D eigenvalue weighted by atomic mass is 10.3. The average Bonchev–Trinajstić information content (AvgIpc) is 2.96. The molecule has 0 atom stereocenters. The molecule has 0 aromatic carbocycles. The fourth-order valence-electron chi connectivity index (χ4n) is 2.31. The van der Waals surface area contributed by atoms with E-state index >= 15 is 0 Å². The van der Waals surface area contributed by atoms with Crippen LogP contribution in [0.25, 0.3) is 0 Å². The van der Waals surface area contributed by atoms with Gasteiger partial charge in [0.05, 0.1) is 23.9 Å². The normalized spacial score (nSPS) is 11.5. The summed E-state index contributed by atoms with van der Waals surface area (Å²) < 4.78 is 5.70. The van der Waals surface area contributed by atoms with Gasteiger partial charge in [-0.25, -0.2) is 15.0 Å². The Kier molecular flexibility index (Phi) is 8.34. The van der Waals surface area contributed by atoms with E-state index in [0.29, 0.717) is 19.0 Å². The third-order valence-corrected chi connectivity index (χ3v) is 4.88. The number of pyridine rings is 1. The molecule has 0 saturated carbocycles. The van der Waals surface area contributed by atoms with Gasteiger partial charge in [-0.2, -0.15) is 0 Å². The molecule has 0 amide bonds. The van der Waals surface area contributed by atoms with Gasteiger partial charge >= 0.3 is 0 Å². The monoisotopic (exact) mass is 375 g/mol. The van der Waals surface area contributed by atoms with Crippen molar-refractivity contribution < 1.29 is 4.74 Å². The highest BCUT2D eigenvalue weighted by Crippen LogP contribution is 2.17. The summed E-state index contributed by atoms with van der Waals surface area (Å²) in [4.78, 5) is 14.8. The predicted octanol–water partition coefficient (Wildman–Crippen LogP) is 3.24. The maximum atomic E-state index is 5.70. The molecule has 7 heteroatoms. The zero-order chi connectivity index (χ0) is 18.8. The van der Waals surface area contributed by atoms with Crippen LogP contribution in [-0.4, -0.2) is 35.6 Å². The number of aryl methyl sites for hydroxylation is 2. The lowest BCUT2D eigenvalue weighted by Gasteiger charge is -2.12. The molecule has 2 N–H and O–H groups in total. The van der Waals surface area contributed by atoms with Crippen LogP contribution in [0.15, 0.2) is 23.3 Å². The molecule has 2 aromatic heterocycles. The molecule has 26 heavy (non-hydrogen) atoms. The van der Waals surface area contributed by atoms with Crippen LogP contribution in [0.5, 0.6) is 5.88 Å². The summed E-state index contributed by atoms with van der Waals surface area (Å²) in [5.74, 6) is 1.46. The highest BCUT2D eigenvalue weighted by Gasteiger charge is 2.06. The lowest BCUT2D eigenvalue weighted by Crippen LogP contribution is -2.38. The van der Waals surface area contributed by atoms with E-state index in [1.54, 1.807) is 17.5 Å². The van der Waals surface area contributed by atoms with Crippen molar-refractivity contribution in [1.29, 1.82) is 0 Å². The van der Waals surface area contributed by atoms with Gasteiger partial charge in [0.15, 0.2) is 5.96 Å². The van der Waals surface area contributed by atoms with Gasteiger partial charge in [0, 0.05) is 36.1 Å². The molecule has 142 valence electrons. The first kappa shape index (κ1) is 20.2. The van der Waals surface area contributed by atoms with E-state index in [0.717, 1.165) is 48.2 Å². The SMILES string of the molecule is CCCOc1ncccc1CN=C(NCC)NCCc1nc(C)c(C)s1. The largest absolute Gasteiger partial charge is 0.477 e. The van der Waals surface area contributed by atoms with Crippen molar-refractivity contribution in [3.63, 3.8) is 0 Å². The van der Waals surface area contributed by atoms with Gasteiger partial charge < -0.3 is 15.4 Å². The number of ether oxygens (including phenoxy) is 1. The summed E-state index contributed by atoms with van der Waals surface area (Å²) in [6, 6.07) is 3.92. The van der Waals surface area contributed by atoms with Gasteiger partial charge in [-0.3, -0.25) is 0 Å². The summed E-state index contributed by atoms with van der Waals surface area (Å²) in [5.41, 5.74) is 2.12. The Morgan fingerprint density at radius 1 is 1.27 bits per heavy atom. The minimum absolute atomic E-state index is 0.525. The molecule has 0 fully saturated rings. The molecular weight excluding hydrogens is 346 g/mol. The third-order valence-electron chi connectivity index (χ3n) is 3.75. The molecule has 0 unspecified atom stereocenters. The van der Waals surface area contributed by atoms with Crippen LogP contribution in [-0.2, 0) is 13.0 Å². The molecule has 0 saturated heterocycles. The summed E-state index contributed by atoms with van der Waals surface area (Å²) in [5, 5.41) is 7.81. The fraction of sp³-hybridized carbons (Fsp3) is 0.526. The zero-order valence-corrected chi connectivity index (χ0v) is 16.9. The number of aliphatic imine (C=N–C) groups is 1. The first-order valence-electron chi connectivity index (χ1n) is 9.15. The van der Waals surface area contributed by atoms with Crippen molar-refractivity contribution in [3.05, 3.63) is 39.5 Å². The van der Waals surface area contributed by atoms with Crippen LogP contribution in [0, 0.1) is 13.8 Å². The topological polar surface area (TPSA) is 71.4 Å². The Bertz CT molecular complexity index is 694. The molecule has 0 spiro atoms. The maximum absolute atomic E-state index is 5.70. The van der Waals surface area contributed by atoms with Crippen LogP contribution < -0.4 is 15.4 Å². The van der Waals surface area contributed by atoms with Gasteiger partial charge in [-0.15, -0.1) is 11.3 Å². The Morgan fingerprint density at radius 2 is 2.12 bits per heavy atom. The van der Waals surface area contributed by atoms with E-state index < -0.39 is 0 Å². The highest BCUT2D eigenvalue weighted by molar-refractivity contribution is 7.11. The van der Waals surface area contributed by atoms with Gasteiger partial charge in [-0.1, -0.05) is 13.0 Å².